The van der Waals surface area contributed by atoms with Gasteiger partial charge in [0.2, 0.25) is 11.9 Å². The zero-order valence-electron chi connectivity index (χ0n) is 11.0. The van der Waals surface area contributed by atoms with Gasteiger partial charge in [-0.2, -0.15) is 24.7 Å². The van der Waals surface area contributed by atoms with Crippen LogP contribution in [0, 0.1) is 0 Å². The van der Waals surface area contributed by atoms with E-state index in [0.717, 1.165) is 6.54 Å². The van der Waals surface area contributed by atoms with Crippen molar-refractivity contribution in [2.75, 3.05) is 23.8 Å². The first-order valence-electron chi connectivity index (χ1n) is 6.35. The van der Waals surface area contributed by atoms with Crippen molar-refractivity contribution in [1.82, 2.24) is 29.7 Å². The summed E-state index contributed by atoms with van der Waals surface area (Å²) in [4.78, 5) is 19.2. The van der Waals surface area contributed by atoms with Crippen molar-refractivity contribution < 1.29 is 0 Å². The van der Waals surface area contributed by atoms with Crippen LogP contribution in [0.4, 0.5) is 11.9 Å². The summed E-state index contributed by atoms with van der Waals surface area (Å²) in [7, 11) is 2.01. The Hall–Kier alpha value is -2.25. The standard InChI is InChI=1S/C11H16N8/c1-3-13-9-15-10(18(2)8-4-5-8)17-11(16-9)19-7-12-6-14-19/h6-8H,3-5H2,1-2H3,(H,13,15,16,17). The molecule has 0 bridgehead atoms. The van der Waals surface area contributed by atoms with Gasteiger partial charge in [-0.3, -0.25) is 0 Å². The van der Waals surface area contributed by atoms with E-state index in [-0.39, 0.29) is 0 Å². The number of anilines is 2. The minimum atomic E-state index is 0.478. The molecular formula is C11H16N8. The second-order valence-electron chi connectivity index (χ2n) is 4.47. The molecule has 0 amide bonds. The second kappa shape index (κ2) is 4.79. The minimum Gasteiger partial charge on any atom is -0.354 e. The highest BCUT2D eigenvalue weighted by Crippen LogP contribution is 2.28. The Morgan fingerprint density at radius 2 is 2.21 bits per heavy atom. The third-order valence-corrected chi connectivity index (χ3v) is 2.98. The molecule has 8 nitrogen and oxygen atoms in total. The Labute approximate surface area is 110 Å². The van der Waals surface area contributed by atoms with Gasteiger partial charge in [-0.15, -0.1) is 0 Å². The van der Waals surface area contributed by atoms with Crippen molar-refractivity contribution in [3.63, 3.8) is 0 Å². The number of nitrogens with zero attached hydrogens (tertiary/aromatic N) is 7. The number of rotatable bonds is 5. The average molecular weight is 260 g/mol. The van der Waals surface area contributed by atoms with E-state index in [4.69, 9.17) is 0 Å². The lowest BCUT2D eigenvalue weighted by atomic mass is 10.6. The average Bonchev–Trinajstić information content (AvgIpc) is 3.12. The van der Waals surface area contributed by atoms with E-state index >= 15 is 0 Å². The van der Waals surface area contributed by atoms with E-state index in [1.807, 2.05) is 14.0 Å². The Balaban J connectivity index is 1.98. The van der Waals surface area contributed by atoms with Crippen LogP contribution in [0.2, 0.25) is 0 Å². The smallest absolute Gasteiger partial charge is 0.258 e. The lowest BCUT2D eigenvalue weighted by Crippen LogP contribution is -2.24. The van der Waals surface area contributed by atoms with Crippen molar-refractivity contribution in [2.45, 2.75) is 25.8 Å². The highest BCUT2D eigenvalue weighted by molar-refractivity contribution is 5.41. The maximum absolute atomic E-state index is 4.44. The van der Waals surface area contributed by atoms with Gasteiger partial charge in [-0.25, -0.2) is 4.98 Å². The maximum Gasteiger partial charge on any atom is 0.258 e. The van der Waals surface area contributed by atoms with Gasteiger partial charge in [0.25, 0.3) is 5.95 Å². The number of hydrogen-bond donors (Lipinski definition) is 1. The summed E-state index contributed by atoms with van der Waals surface area (Å²) in [5.41, 5.74) is 0. The molecule has 0 spiro atoms. The van der Waals surface area contributed by atoms with Gasteiger partial charge in [0.05, 0.1) is 0 Å². The molecule has 1 N–H and O–H groups in total. The SMILES string of the molecule is CCNc1nc(N(C)C2CC2)nc(-n2cncn2)n1. The highest BCUT2D eigenvalue weighted by Gasteiger charge is 2.28. The molecule has 0 aromatic carbocycles. The zero-order valence-corrected chi connectivity index (χ0v) is 11.0. The lowest BCUT2D eigenvalue weighted by Gasteiger charge is -2.17. The fourth-order valence-corrected chi connectivity index (χ4v) is 1.79. The van der Waals surface area contributed by atoms with Gasteiger partial charge in [-0.05, 0) is 19.8 Å². The molecule has 1 saturated carbocycles. The Morgan fingerprint density at radius 3 is 2.84 bits per heavy atom. The predicted octanol–water partition coefficient (Wildman–Crippen LogP) is 0.483. The summed E-state index contributed by atoms with van der Waals surface area (Å²) in [5, 5.41) is 7.17. The van der Waals surface area contributed by atoms with Crippen LogP contribution in [-0.2, 0) is 0 Å². The molecule has 0 unspecified atom stereocenters. The number of nitrogens with one attached hydrogen (secondary N) is 1. The molecule has 100 valence electrons. The molecule has 0 atom stereocenters. The summed E-state index contributed by atoms with van der Waals surface area (Å²) in [6, 6.07) is 0.542. The summed E-state index contributed by atoms with van der Waals surface area (Å²) in [5.74, 6) is 1.70. The molecule has 0 radical (unpaired) electrons. The molecule has 8 heteroatoms. The number of aromatic nitrogens is 6. The first-order valence-corrected chi connectivity index (χ1v) is 6.35. The summed E-state index contributed by atoms with van der Waals surface area (Å²) >= 11 is 0. The Morgan fingerprint density at radius 1 is 1.37 bits per heavy atom. The largest absolute Gasteiger partial charge is 0.354 e. The van der Waals surface area contributed by atoms with E-state index < -0.39 is 0 Å². The van der Waals surface area contributed by atoms with Crippen molar-refractivity contribution >= 4 is 11.9 Å². The monoisotopic (exact) mass is 260 g/mol. The van der Waals surface area contributed by atoms with Gasteiger partial charge in [-0.1, -0.05) is 0 Å². The van der Waals surface area contributed by atoms with Crippen molar-refractivity contribution in [3.8, 4) is 5.95 Å². The van der Waals surface area contributed by atoms with Crippen molar-refractivity contribution in [2.24, 2.45) is 0 Å². The van der Waals surface area contributed by atoms with Crippen LogP contribution in [-0.4, -0.2) is 49.4 Å². The van der Waals surface area contributed by atoms with Gasteiger partial charge in [0, 0.05) is 19.6 Å². The predicted molar refractivity (Wildman–Crippen MR) is 70.3 cm³/mol. The normalized spacial score (nSPS) is 14.4. The third-order valence-electron chi connectivity index (χ3n) is 2.98. The molecule has 1 fully saturated rings. The molecular weight excluding hydrogens is 244 g/mol. The molecule has 2 heterocycles. The fraction of sp³-hybridized carbons (Fsp3) is 0.545. The second-order valence-corrected chi connectivity index (χ2v) is 4.47. The summed E-state index contributed by atoms with van der Waals surface area (Å²) in [6.07, 6.45) is 5.42. The van der Waals surface area contributed by atoms with Crippen LogP contribution < -0.4 is 10.2 Å². The van der Waals surface area contributed by atoms with E-state index in [9.17, 15) is 0 Å². The summed E-state index contributed by atoms with van der Waals surface area (Å²) < 4.78 is 1.53. The molecule has 0 saturated heterocycles. The van der Waals surface area contributed by atoms with Crippen molar-refractivity contribution in [1.29, 1.82) is 0 Å². The topological polar surface area (TPSA) is 84.7 Å². The molecule has 1 aliphatic rings. The van der Waals surface area contributed by atoms with Crippen LogP contribution in [0.25, 0.3) is 5.95 Å². The Bertz CT molecular complexity index is 548. The molecule has 2 aromatic rings. The van der Waals surface area contributed by atoms with E-state index in [0.29, 0.717) is 23.9 Å². The lowest BCUT2D eigenvalue weighted by molar-refractivity contribution is 0.771. The molecule has 0 aliphatic heterocycles. The highest BCUT2D eigenvalue weighted by atomic mass is 15.4. The van der Waals surface area contributed by atoms with Gasteiger partial charge in [0.15, 0.2) is 0 Å². The first-order chi connectivity index (χ1) is 9.28. The number of hydrogen-bond acceptors (Lipinski definition) is 7. The van der Waals surface area contributed by atoms with Crippen LogP contribution in [0.15, 0.2) is 12.7 Å². The van der Waals surface area contributed by atoms with Gasteiger partial charge < -0.3 is 10.2 Å². The minimum absolute atomic E-state index is 0.478. The van der Waals surface area contributed by atoms with E-state index in [1.165, 1.54) is 23.9 Å². The molecule has 1 aliphatic carbocycles. The van der Waals surface area contributed by atoms with Crippen LogP contribution >= 0.6 is 0 Å². The Kier molecular flexibility index (Phi) is 2.98. The van der Waals surface area contributed by atoms with E-state index in [1.54, 1.807) is 6.33 Å². The van der Waals surface area contributed by atoms with Crippen LogP contribution in [0.1, 0.15) is 19.8 Å². The van der Waals surface area contributed by atoms with Crippen molar-refractivity contribution in [3.05, 3.63) is 12.7 Å². The zero-order chi connectivity index (χ0) is 13.2. The third kappa shape index (κ3) is 2.47. The fourth-order valence-electron chi connectivity index (χ4n) is 1.79. The maximum atomic E-state index is 4.44. The first kappa shape index (κ1) is 11.8. The van der Waals surface area contributed by atoms with Crippen LogP contribution in [0.5, 0.6) is 0 Å². The van der Waals surface area contributed by atoms with Crippen LogP contribution in [0.3, 0.4) is 0 Å². The molecule has 3 rings (SSSR count). The van der Waals surface area contributed by atoms with Gasteiger partial charge in [0.1, 0.15) is 12.7 Å². The quantitative estimate of drug-likeness (QED) is 0.837. The molecule has 19 heavy (non-hydrogen) atoms. The van der Waals surface area contributed by atoms with E-state index in [2.05, 4.69) is 35.3 Å². The van der Waals surface area contributed by atoms with Gasteiger partial charge >= 0.3 is 0 Å². The summed E-state index contributed by atoms with van der Waals surface area (Å²) in [6.45, 7) is 2.76. The molecule has 2 aromatic heterocycles.